The maximum Gasteiger partial charge on any atom is 0.472 e. The second kappa shape index (κ2) is 68.2. The number of phosphoric ester groups is 2. The molecule has 98 heavy (non-hydrogen) atoms. The molecule has 8 atom stereocenters. The van der Waals surface area contributed by atoms with Gasteiger partial charge >= 0.3 is 39.5 Å². The van der Waals surface area contributed by atoms with Crippen LogP contribution in [0.4, 0.5) is 0 Å². The van der Waals surface area contributed by atoms with Crippen LogP contribution in [0.2, 0.25) is 0 Å². The van der Waals surface area contributed by atoms with Gasteiger partial charge in [-0.15, -0.1) is 0 Å². The maximum absolute atomic E-state index is 13.1. The van der Waals surface area contributed by atoms with Crippen molar-refractivity contribution >= 4 is 39.5 Å². The summed E-state index contributed by atoms with van der Waals surface area (Å²) in [5.41, 5.74) is 0. The molecule has 0 aromatic rings. The summed E-state index contributed by atoms with van der Waals surface area (Å²) in [6, 6.07) is 0. The van der Waals surface area contributed by atoms with Crippen molar-refractivity contribution in [1.29, 1.82) is 0 Å². The van der Waals surface area contributed by atoms with Gasteiger partial charge in [-0.2, -0.15) is 0 Å². The van der Waals surface area contributed by atoms with Crippen LogP contribution in [0.5, 0.6) is 0 Å². The topological polar surface area (TPSA) is 237 Å². The molecule has 0 saturated carbocycles. The Hall–Kier alpha value is -1.94. The summed E-state index contributed by atoms with van der Waals surface area (Å²) in [4.78, 5) is 72.8. The Kier molecular flexibility index (Phi) is 66.8. The fraction of sp³-hybridized carbons (Fsp3) is 0.949. The van der Waals surface area contributed by atoms with Gasteiger partial charge in [-0.1, -0.05) is 351 Å². The van der Waals surface area contributed by atoms with E-state index in [0.717, 1.165) is 120 Å². The molecule has 19 heteroatoms. The van der Waals surface area contributed by atoms with E-state index < -0.39 is 97.5 Å². The van der Waals surface area contributed by atoms with Crippen molar-refractivity contribution in [3.63, 3.8) is 0 Å². The third-order valence-electron chi connectivity index (χ3n) is 19.4. The van der Waals surface area contributed by atoms with E-state index in [-0.39, 0.29) is 25.7 Å². The second-order valence-electron chi connectivity index (χ2n) is 29.7. The van der Waals surface area contributed by atoms with Crippen LogP contribution in [0.25, 0.3) is 0 Å². The molecule has 582 valence electrons. The van der Waals surface area contributed by atoms with Crippen LogP contribution in [0, 0.1) is 23.7 Å². The lowest BCUT2D eigenvalue weighted by Crippen LogP contribution is -2.30. The Balaban J connectivity index is 5.14. The first-order valence-electron chi connectivity index (χ1n) is 40.8. The first-order chi connectivity index (χ1) is 47.2. The minimum absolute atomic E-state index is 0.103. The normalized spacial score (nSPS) is 14.9. The van der Waals surface area contributed by atoms with E-state index >= 15 is 0 Å². The predicted octanol–water partition coefficient (Wildman–Crippen LogP) is 23.2. The number of carbonyl (C=O) groups is 4. The Morgan fingerprint density at radius 3 is 0.724 bits per heavy atom. The Morgan fingerprint density at radius 1 is 0.286 bits per heavy atom. The molecule has 0 bridgehead atoms. The number of carbonyl (C=O) groups excluding carboxylic acids is 4. The molecule has 0 amide bonds. The van der Waals surface area contributed by atoms with Crippen molar-refractivity contribution in [3.05, 3.63) is 0 Å². The lowest BCUT2D eigenvalue weighted by atomic mass is 9.99. The highest BCUT2D eigenvalue weighted by Crippen LogP contribution is 2.45. The van der Waals surface area contributed by atoms with E-state index in [9.17, 15) is 43.2 Å². The number of esters is 4. The molecule has 0 fully saturated rings. The fourth-order valence-electron chi connectivity index (χ4n) is 12.0. The summed E-state index contributed by atoms with van der Waals surface area (Å²) < 4.78 is 68.6. The van der Waals surface area contributed by atoms with Crippen LogP contribution in [-0.4, -0.2) is 96.7 Å². The van der Waals surface area contributed by atoms with E-state index in [0.29, 0.717) is 25.7 Å². The zero-order valence-electron chi connectivity index (χ0n) is 64.4. The van der Waals surface area contributed by atoms with Gasteiger partial charge in [0.05, 0.1) is 26.4 Å². The number of phosphoric acid groups is 2. The summed E-state index contributed by atoms with van der Waals surface area (Å²) in [7, 11) is -9.92. The van der Waals surface area contributed by atoms with Crippen LogP contribution >= 0.6 is 15.6 Å². The number of aliphatic hydroxyl groups is 1. The second-order valence-corrected chi connectivity index (χ2v) is 32.6. The first-order valence-corrected chi connectivity index (χ1v) is 43.8. The minimum atomic E-state index is -4.96. The molecule has 0 rings (SSSR count). The van der Waals surface area contributed by atoms with Crippen LogP contribution in [0.15, 0.2) is 0 Å². The third kappa shape index (κ3) is 68.5. The van der Waals surface area contributed by atoms with Crippen LogP contribution < -0.4 is 0 Å². The van der Waals surface area contributed by atoms with Gasteiger partial charge in [0.2, 0.25) is 0 Å². The lowest BCUT2D eigenvalue weighted by Gasteiger charge is -2.21. The van der Waals surface area contributed by atoms with Crippen molar-refractivity contribution in [2.75, 3.05) is 39.6 Å². The highest BCUT2D eigenvalue weighted by Gasteiger charge is 2.30. The van der Waals surface area contributed by atoms with E-state index in [1.54, 1.807) is 0 Å². The number of unbranched alkanes of at least 4 members (excludes halogenated alkanes) is 39. The molecule has 0 radical (unpaired) electrons. The summed E-state index contributed by atoms with van der Waals surface area (Å²) in [6.07, 6.45) is 54.3. The molecule has 17 nitrogen and oxygen atoms in total. The van der Waals surface area contributed by atoms with Gasteiger partial charge in [0.1, 0.15) is 19.3 Å². The SMILES string of the molecule is CCC(C)CCCCCCCCCCCCCCCCCCCCC(=O)OC[C@H](COP(=O)(O)OC[C@@H](O)COP(=O)(O)OC[C@@H](COC(=O)CCCCCCCCC(C)CC)OC(=O)CCCCCCCCCCCCCCCC(C)C)OC(=O)CCCCCCCCC(C)CC. The van der Waals surface area contributed by atoms with Crippen molar-refractivity contribution in [3.8, 4) is 0 Å². The van der Waals surface area contributed by atoms with E-state index in [1.807, 2.05) is 0 Å². The number of hydrogen-bond acceptors (Lipinski definition) is 15. The Bertz CT molecular complexity index is 1930. The largest absolute Gasteiger partial charge is 0.472 e. The van der Waals surface area contributed by atoms with E-state index in [2.05, 4.69) is 55.4 Å². The molecule has 3 N–H and O–H groups in total. The van der Waals surface area contributed by atoms with Crippen molar-refractivity contribution in [2.45, 2.75) is 420 Å². The molecule has 0 spiro atoms. The number of hydrogen-bond donors (Lipinski definition) is 3. The molecule has 0 aliphatic heterocycles. The molecular weight excluding hydrogens is 1280 g/mol. The van der Waals surface area contributed by atoms with Gasteiger partial charge in [-0.25, -0.2) is 9.13 Å². The standard InChI is InChI=1S/C79H154O17P2/c1-9-70(6)56-48-40-32-28-24-20-16-14-12-13-15-17-21-25-29-33-43-51-59-76(81)89-65-75(96-79(84)62-54-46-38-36-42-50-58-72(8)11-3)68-94-98(87,88)92-64-73(80)63-91-97(85,86)93-67-74(66-90-77(82)60-52-44-37-35-41-49-57-71(7)10-2)95-78(83)61-53-45-34-30-26-22-18-19-23-27-31-39-47-55-69(4)5/h69-75,80H,9-68H2,1-8H3,(H,85,86)(H,87,88)/t70?,71?,72?,73-,74+,75+/m0/s1. The zero-order valence-corrected chi connectivity index (χ0v) is 66.2. The van der Waals surface area contributed by atoms with Crippen molar-refractivity contribution < 1.29 is 80.2 Å². The van der Waals surface area contributed by atoms with Crippen LogP contribution in [-0.2, 0) is 65.4 Å². The summed E-state index contributed by atoms with van der Waals surface area (Å²) in [6.45, 7) is 14.2. The zero-order chi connectivity index (χ0) is 72.4. The first kappa shape index (κ1) is 96.1. The average molecular weight is 1440 g/mol. The highest BCUT2D eigenvalue weighted by molar-refractivity contribution is 7.47. The molecule has 0 aromatic carbocycles. The Morgan fingerprint density at radius 2 is 0.490 bits per heavy atom. The quantitative estimate of drug-likeness (QED) is 0.0222. The van der Waals surface area contributed by atoms with Crippen molar-refractivity contribution in [2.24, 2.45) is 23.7 Å². The molecule has 0 saturated heterocycles. The lowest BCUT2D eigenvalue weighted by molar-refractivity contribution is -0.161. The fourth-order valence-corrected chi connectivity index (χ4v) is 13.6. The molecular formula is C79H154O17P2. The summed E-state index contributed by atoms with van der Waals surface area (Å²) in [5, 5.41) is 10.6. The average Bonchev–Trinajstić information content (AvgIpc) is 0.933. The molecule has 0 heterocycles. The number of aliphatic hydroxyl groups excluding tert-OH is 1. The minimum Gasteiger partial charge on any atom is -0.462 e. The third-order valence-corrected chi connectivity index (χ3v) is 21.3. The van der Waals surface area contributed by atoms with E-state index in [4.69, 9.17) is 37.0 Å². The van der Waals surface area contributed by atoms with E-state index in [1.165, 1.54) is 199 Å². The highest BCUT2D eigenvalue weighted by atomic mass is 31.2. The Labute approximate surface area is 600 Å². The number of ether oxygens (including phenoxy) is 4. The van der Waals surface area contributed by atoms with Crippen LogP contribution in [0.1, 0.15) is 402 Å². The summed E-state index contributed by atoms with van der Waals surface area (Å²) in [5.74, 6) is 0.989. The molecule has 0 aromatic heterocycles. The molecule has 5 unspecified atom stereocenters. The number of rotatable bonds is 76. The van der Waals surface area contributed by atoms with Gasteiger partial charge in [-0.05, 0) is 49.4 Å². The van der Waals surface area contributed by atoms with Gasteiger partial charge < -0.3 is 33.8 Å². The smallest absolute Gasteiger partial charge is 0.462 e. The van der Waals surface area contributed by atoms with Crippen LogP contribution in [0.3, 0.4) is 0 Å². The predicted molar refractivity (Wildman–Crippen MR) is 400 cm³/mol. The van der Waals surface area contributed by atoms with Gasteiger partial charge in [0, 0.05) is 25.7 Å². The van der Waals surface area contributed by atoms with Gasteiger partial charge in [0.25, 0.3) is 0 Å². The molecule has 0 aliphatic carbocycles. The maximum atomic E-state index is 13.1. The molecule has 0 aliphatic rings. The van der Waals surface area contributed by atoms with Gasteiger partial charge in [0.15, 0.2) is 12.2 Å². The van der Waals surface area contributed by atoms with Crippen molar-refractivity contribution in [1.82, 2.24) is 0 Å². The summed E-state index contributed by atoms with van der Waals surface area (Å²) >= 11 is 0. The monoisotopic (exact) mass is 1440 g/mol. The van der Waals surface area contributed by atoms with Gasteiger partial charge in [-0.3, -0.25) is 37.3 Å².